The Balaban J connectivity index is 1.20. The fourth-order valence-corrected chi connectivity index (χ4v) is 10.0. The van der Waals surface area contributed by atoms with Gasteiger partial charge in [-0.25, -0.2) is 0 Å². The summed E-state index contributed by atoms with van der Waals surface area (Å²) < 4.78 is 4.65. The number of carbonyl (C=O) groups is 1. The van der Waals surface area contributed by atoms with Gasteiger partial charge in [0.2, 0.25) is 0 Å². The molecule has 280 valence electrons. The van der Waals surface area contributed by atoms with Gasteiger partial charge in [-0.05, 0) is 91.0 Å². The van der Waals surface area contributed by atoms with Gasteiger partial charge < -0.3 is 18.9 Å². The van der Waals surface area contributed by atoms with Crippen LogP contribution in [0.15, 0.2) is 206 Å². The average Bonchev–Trinajstić information content (AvgIpc) is 3.93. The summed E-state index contributed by atoms with van der Waals surface area (Å²) in [5, 5.41) is 4.69. The predicted molar refractivity (Wildman–Crippen MR) is 247 cm³/mol. The van der Waals surface area contributed by atoms with Gasteiger partial charge in [0.05, 0.1) is 33.4 Å². The highest BCUT2D eigenvalue weighted by Gasteiger charge is 2.38. The number of ketones is 1. The average molecular weight is 767 g/mol. The monoisotopic (exact) mass is 766 g/mol. The third-order valence-electron chi connectivity index (χ3n) is 12.5. The molecule has 2 aliphatic rings. The largest absolute Gasteiger partial charge is 0.310 e. The Kier molecular flexibility index (Phi) is 6.81. The van der Waals surface area contributed by atoms with Gasteiger partial charge in [0.25, 0.3) is 0 Å². The van der Waals surface area contributed by atoms with Gasteiger partial charge in [-0.2, -0.15) is 0 Å². The molecule has 5 heteroatoms. The van der Waals surface area contributed by atoms with Crippen molar-refractivity contribution in [1.82, 2.24) is 9.13 Å². The lowest BCUT2D eigenvalue weighted by Gasteiger charge is -2.28. The van der Waals surface area contributed by atoms with Crippen molar-refractivity contribution in [3.8, 4) is 22.5 Å². The maximum absolute atomic E-state index is 15.7. The van der Waals surface area contributed by atoms with E-state index in [1.54, 1.807) is 0 Å². The molecule has 2 bridgehead atoms. The second-order valence-corrected chi connectivity index (χ2v) is 15.7. The molecule has 0 unspecified atom stereocenters. The van der Waals surface area contributed by atoms with E-state index < -0.39 is 0 Å². The van der Waals surface area contributed by atoms with E-state index in [9.17, 15) is 0 Å². The molecule has 0 radical (unpaired) electrons. The molecular formula is C55H34N4O. The van der Waals surface area contributed by atoms with E-state index in [2.05, 4.69) is 225 Å². The Bertz CT molecular complexity index is 3240. The molecule has 0 saturated carbocycles. The van der Waals surface area contributed by atoms with Crippen LogP contribution in [0.5, 0.6) is 0 Å². The Morgan fingerprint density at radius 1 is 0.283 bits per heavy atom. The van der Waals surface area contributed by atoms with Crippen molar-refractivity contribution in [2.45, 2.75) is 0 Å². The summed E-state index contributed by atoms with van der Waals surface area (Å²) in [4.78, 5) is 20.3. The van der Waals surface area contributed by atoms with Crippen LogP contribution in [-0.2, 0) is 0 Å². The van der Waals surface area contributed by atoms with Crippen LogP contribution in [0.25, 0.3) is 66.1 Å². The third-order valence-corrected chi connectivity index (χ3v) is 12.5. The molecule has 60 heavy (non-hydrogen) atoms. The van der Waals surface area contributed by atoms with E-state index in [0.717, 1.165) is 78.7 Å². The first-order chi connectivity index (χ1) is 29.7. The smallest absolute Gasteiger partial charge is 0.194 e. The van der Waals surface area contributed by atoms with Gasteiger partial charge in [-0.1, -0.05) is 115 Å². The number of rotatable bonds is 4. The number of aromatic nitrogens is 2. The van der Waals surface area contributed by atoms with Crippen LogP contribution in [0.3, 0.4) is 0 Å². The highest BCUT2D eigenvalue weighted by Crippen LogP contribution is 2.56. The predicted octanol–water partition coefficient (Wildman–Crippen LogP) is 14.3. The summed E-state index contributed by atoms with van der Waals surface area (Å²) in [5.41, 5.74) is 15.4. The molecule has 3 heterocycles. The van der Waals surface area contributed by atoms with Crippen LogP contribution < -0.4 is 9.80 Å². The molecule has 0 amide bonds. The lowest BCUT2D eigenvalue weighted by atomic mass is 9.98. The van der Waals surface area contributed by atoms with Gasteiger partial charge in [0, 0.05) is 77.9 Å². The second kappa shape index (κ2) is 12.4. The molecule has 9 aromatic carbocycles. The topological polar surface area (TPSA) is 33.4 Å². The highest BCUT2D eigenvalue weighted by atomic mass is 16.1. The van der Waals surface area contributed by atoms with Crippen LogP contribution >= 0.6 is 0 Å². The SMILES string of the molecule is O=C1c2cc(-n3c4ccccc4c4ccccc43)cc3c2-c2c1cc(-n1c4ccccc4c4ccccc41)cc2N(c1ccccc1)c1cccc(c1)N3c1ccccc1. The van der Waals surface area contributed by atoms with Gasteiger partial charge in [-0.15, -0.1) is 0 Å². The number of hydrogen-bond acceptors (Lipinski definition) is 3. The molecule has 0 saturated heterocycles. The molecule has 1 aliphatic carbocycles. The number of fused-ring (bicyclic) bond motifs is 8. The van der Waals surface area contributed by atoms with Crippen LogP contribution in [0.1, 0.15) is 15.9 Å². The zero-order chi connectivity index (χ0) is 39.5. The first-order valence-corrected chi connectivity index (χ1v) is 20.4. The van der Waals surface area contributed by atoms with Gasteiger partial charge >= 0.3 is 0 Å². The molecular weight excluding hydrogens is 733 g/mol. The van der Waals surface area contributed by atoms with E-state index in [0.29, 0.717) is 11.1 Å². The van der Waals surface area contributed by atoms with Crippen molar-refractivity contribution in [1.29, 1.82) is 0 Å². The number of nitrogens with zero attached hydrogens (tertiary/aromatic N) is 4. The fraction of sp³-hybridized carbons (Fsp3) is 0. The number of hydrogen-bond donors (Lipinski definition) is 0. The first kappa shape index (κ1) is 32.9. The maximum atomic E-state index is 15.7. The van der Waals surface area contributed by atoms with Crippen molar-refractivity contribution in [3.63, 3.8) is 0 Å². The van der Waals surface area contributed by atoms with E-state index >= 15 is 4.79 Å². The van der Waals surface area contributed by atoms with E-state index in [4.69, 9.17) is 0 Å². The van der Waals surface area contributed by atoms with Crippen molar-refractivity contribution < 1.29 is 4.79 Å². The minimum absolute atomic E-state index is 0.0120. The first-order valence-electron chi connectivity index (χ1n) is 20.4. The highest BCUT2D eigenvalue weighted by molar-refractivity contribution is 6.27. The molecule has 0 fully saturated rings. The zero-order valence-corrected chi connectivity index (χ0v) is 32.3. The summed E-state index contributed by atoms with van der Waals surface area (Å²) in [6.07, 6.45) is 0. The molecule has 11 aromatic rings. The quantitative estimate of drug-likeness (QED) is 0.179. The molecule has 1 aliphatic heterocycles. The summed E-state index contributed by atoms with van der Waals surface area (Å²) in [6, 6.07) is 73.0. The van der Waals surface area contributed by atoms with Gasteiger partial charge in [0.1, 0.15) is 0 Å². The van der Waals surface area contributed by atoms with Crippen molar-refractivity contribution in [2.24, 2.45) is 0 Å². The normalized spacial score (nSPS) is 13.0. The third kappa shape index (κ3) is 4.54. The molecule has 2 aromatic heterocycles. The lowest BCUT2D eigenvalue weighted by Crippen LogP contribution is -2.13. The summed E-state index contributed by atoms with van der Waals surface area (Å²) >= 11 is 0. The van der Waals surface area contributed by atoms with Crippen LogP contribution in [0.4, 0.5) is 34.1 Å². The number of carbonyl (C=O) groups excluding carboxylic acids is 1. The molecule has 0 spiro atoms. The van der Waals surface area contributed by atoms with Crippen molar-refractivity contribution in [2.75, 3.05) is 9.80 Å². The van der Waals surface area contributed by atoms with E-state index in [1.807, 2.05) is 0 Å². The lowest BCUT2D eigenvalue weighted by molar-refractivity contribution is 0.104. The number of anilines is 6. The number of para-hydroxylation sites is 6. The summed E-state index contributed by atoms with van der Waals surface area (Å²) in [5.74, 6) is 0.0120. The molecule has 0 N–H and O–H groups in total. The Labute approximate surface area is 345 Å². The standard InChI is InChI=1S/C55H34N4O/c60-55-45-31-39(58-47-26-11-7-22-41(47)42-23-8-12-27-48(42)58)33-51-53(45)54-46(55)32-40(59-49-28-13-9-24-43(49)44-25-10-14-29-50(44)59)34-52(54)57(36-18-5-2-6-19-36)38-21-15-20-37(30-38)56(51)35-16-3-1-4-17-35/h1-34H. The number of benzene rings is 9. The van der Waals surface area contributed by atoms with Crippen LogP contribution in [0.2, 0.25) is 0 Å². The molecule has 5 nitrogen and oxygen atoms in total. The van der Waals surface area contributed by atoms with Crippen LogP contribution in [0, 0.1) is 0 Å². The maximum Gasteiger partial charge on any atom is 0.194 e. The molecule has 13 rings (SSSR count). The fourth-order valence-electron chi connectivity index (χ4n) is 10.0. The Morgan fingerprint density at radius 3 is 1.00 bits per heavy atom. The minimum Gasteiger partial charge on any atom is -0.310 e. The Hall–Kier alpha value is -8.15. The summed E-state index contributed by atoms with van der Waals surface area (Å²) in [6.45, 7) is 0. The van der Waals surface area contributed by atoms with E-state index in [1.165, 1.54) is 21.5 Å². The van der Waals surface area contributed by atoms with Crippen molar-refractivity contribution >= 4 is 83.5 Å². The molecule has 0 atom stereocenters. The Morgan fingerprint density at radius 2 is 0.617 bits per heavy atom. The second-order valence-electron chi connectivity index (χ2n) is 15.7. The van der Waals surface area contributed by atoms with Crippen molar-refractivity contribution in [3.05, 3.63) is 217 Å². The minimum atomic E-state index is 0.0120. The van der Waals surface area contributed by atoms with Crippen LogP contribution in [-0.4, -0.2) is 14.9 Å². The van der Waals surface area contributed by atoms with Gasteiger partial charge in [0.15, 0.2) is 5.78 Å². The zero-order valence-electron chi connectivity index (χ0n) is 32.3. The summed E-state index contributed by atoms with van der Waals surface area (Å²) in [7, 11) is 0. The van der Waals surface area contributed by atoms with Gasteiger partial charge in [-0.3, -0.25) is 4.79 Å². The van der Waals surface area contributed by atoms with E-state index in [-0.39, 0.29) is 5.78 Å².